The van der Waals surface area contributed by atoms with Crippen LogP contribution in [-0.4, -0.2) is 36.0 Å². The summed E-state index contributed by atoms with van der Waals surface area (Å²) in [6, 6.07) is 12.6. The molecule has 2 aliphatic rings. The van der Waals surface area contributed by atoms with E-state index in [2.05, 4.69) is 0 Å². The highest BCUT2D eigenvalue weighted by atomic mass is 19.1. The number of hydrogen-bond acceptors (Lipinski definition) is 3. The molecule has 0 bridgehead atoms. The van der Waals surface area contributed by atoms with Gasteiger partial charge in [-0.25, -0.2) is 4.39 Å². The van der Waals surface area contributed by atoms with E-state index in [0.29, 0.717) is 24.3 Å². The Morgan fingerprint density at radius 2 is 1.52 bits per heavy atom. The molecule has 2 atom stereocenters. The third kappa shape index (κ3) is 2.16. The molecular weight excluding hydrogens is 297 g/mol. The highest BCUT2D eigenvalue weighted by Crippen LogP contribution is 2.34. The second-order valence-electron chi connectivity index (χ2n) is 5.79. The fourth-order valence-corrected chi connectivity index (χ4v) is 3.33. The zero-order valence-electron chi connectivity index (χ0n) is 12.2. The molecular formula is C18H14FNO3. The van der Waals surface area contributed by atoms with Crippen LogP contribution < -0.4 is 0 Å². The van der Waals surface area contributed by atoms with Gasteiger partial charge < -0.3 is 4.74 Å². The third-order valence-corrected chi connectivity index (χ3v) is 4.51. The summed E-state index contributed by atoms with van der Waals surface area (Å²) < 4.78 is 18.6. The van der Waals surface area contributed by atoms with Gasteiger partial charge in [-0.3, -0.25) is 14.5 Å². The number of benzene rings is 2. The van der Waals surface area contributed by atoms with Crippen LogP contribution in [0.3, 0.4) is 0 Å². The van der Waals surface area contributed by atoms with E-state index in [1.54, 1.807) is 36.4 Å². The summed E-state index contributed by atoms with van der Waals surface area (Å²) in [5.74, 6) is -1.02. The second kappa shape index (κ2) is 5.28. The molecule has 116 valence electrons. The van der Waals surface area contributed by atoms with Gasteiger partial charge in [0.2, 0.25) is 0 Å². The Kier molecular flexibility index (Phi) is 3.23. The standard InChI is InChI=1S/C18H14FNO3/c19-12-7-5-11(6-8-12)15-9-23-10-16(15)20-17(21)13-3-1-2-4-14(13)18(20)22/h1-8,15-16H,9-10H2. The molecule has 2 heterocycles. The maximum absolute atomic E-state index is 13.1. The number of carbonyl (C=O) groups is 2. The minimum atomic E-state index is -0.368. The summed E-state index contributed by atoms with van der Waals surface area (Å²) in [5, 5.41) is 0. The monoisotopic (exact) mass is 311 g/mol. The Labute approximate surface area is 132 Å². The maximum Gasteiger partial charge on any atom is 0.261 e. The first-order valence-electron chi connectivity index (χ1n) is 7.47. The van der Waals surface area contributed by atoms with E-state index >= 15 is 0 Å². The van der Waals surface area contributed by atoms with Crippen molar-refractivity contribution in [3.05, 3.63) is 71.0 Å². The normalized spacial score (nSPS) is 23.4. The Morgan fingerprint density at radius 1 is 0.913 bits per heavy atom. The molecule has 0 radical (unpaired) electrons. The van der Waals surface area contributed by atoms with Gasteiger partial charge in [0, 0.05) is 5.92 Å². The van der Waals surface area contributed by atoms with Gasteiger partial charge in [-0.2, -0.15) is 0 Å². The van der Waals surface area contributed by atoms with Crippen molar-refractivity contribution in [2.24, 2.45) is 0 Å². The Balaban J connectivity index is 1.69. The van der Waals surface area contributed by atoms with E-state index in [1.165, 1.54) is 17.0 Å². The molecule has 4 nitrogen and oxygen atoms in total. The fraction of sp³-hybridized carbons (Fsp3) is 0.222. The van der Waals surface area contributed by atoms with Crippen LogP contribution >= 0.6 is 0 Å². The van der Waals surface area contributed by atoms with E-state index in [1.807, 2.05) is 0 Å². The van der Waals surface area contributed by atoms with Crippen molar-refractivity contribution >= 4 is 11.8 Å². The number of amides is 2. The number of rotatable bonds is 2. The number of ether oxygens (including phenoxy) is 1. The summed E-state index contributed by atoms with van der Waals surface area (Å²) in [5.41, 5.74) is 1.73. The molecule has 0 spiro atoms. The van der Waals surface area contributed by atoms with Crippen molar-refractivity contribution in [3.8, 4) is 0 Å². The van der Waals surface area contributed by atoms with Gasteiger partial charge in [-0.1, -0.05) is 24.3 Å². The average Bonchev–Trinajstić information content (AvgIpc) is 3.13. The molecule has 0 aliphatic carbocycles. The number of fused-ring (bicyclic) bond motifs is 1. The van der Waals surface area contributed by atoms with Gasteiger partial charge in [-0.05, 0) is 29.8 Å². The molecule has 4 rings (SSSR count). The van der Waals surface area contributed by atoms with Crippen molar-refractivity contribution in [1.29, 1.82) is 0 Å². The quantitative estimate of drug-likeness (QED) is 0.801. The second-order valence-corrected chi connectivity index (χ2v) is 5.79. The zero-order chi connectivity index (χ0) is 16.0. The first-order chi connectivity index (χ1) is 11.2. The van der Waals surface area contributed by atoms with Crippen LogP contribution in [0.5, 0.6) is 0 Å². The Hall–Kier alpha value is -2.53. The zero-order valence-corrected chi connectivity index (χ0v) is 12.2. The predicted molar refractivity (Wildman–Crippen MR) is 80.7 cm³/mol. The van der Waals surface area contributed by atoms with Crippen LogP contribution in [0.1, 0.15) is 32.2 Å². The third-order valence-electron chi connectivity index (χ3n) is 4.51. The van der Waals surface area contributed by atoms with Gasteiger partial charge >= 0.3 is 0 Å². The van der Waals surface area contributed by atoms with Crippen molar-refractivity contribution in [1.82, 2.24) is 4.90 Å². The number of halogens is 1. The van der Waals surface area contributed by atoms with Crippen LogP contribution in [-0.2, 0) is 4.74 Å². The van der Waals surface area contributed by atoms with Crippen molar-refractivity contribution in [2.75, 3.05) is 13.2 Å². The van der Waals surface area contributed by atoms with Gasteiger partial charge in [0.1, 0.15) is 5.82 Å². The predicted octanol–water partition coefficient (Wildman–Crippen LogP) is 2.60. The van der Waals surface area contributed by atoms with E-state index in [-0.39, 0.29) is 29.6 Å². The summed E-state index contributed by atoms with van der Waals surface area (Å²) in [6.07, 6.45) is 0. The van der Waals surface area contributed by atoms with Crippen LogP contribution in [0.2, 0.25) is 0 Å². The molecule has 1 fully saturated rings. The van der Waals surface area contributed by atoms with Crippen LogP contribution in [0, 0.1) is 5.82 Å². The molecule has 5 heteroatoms. The Morgan fingerprint density at radius 3 is 2.13 bits per heavy atom. The number of nitrogens with zero attached hydrogens (tertiary/aromatic N) is 1. The highest BCUT2D eigenvalue weighted by Gasteiger charge is 2.45. The largest absolute Gasteiger partial charge is 0.379 e. The molecule has 2 unspecified atom stereocenters. The summed E-state index contributed by atoms with van der Waals surface area (Å²) in [4.78, 5) is 26.5. The van der Waals surface area contributed by atoms with E-state index in [9.17, 15) is 14.0 Å². The maximum atomic E-state index is 13.1. The number of hydrogen-bond donors (Lipinski definition) is 0. The first-order valence-corrected chi connectivity index (χ1v) is 7.47. The average molecular weight is 311 g/mol. The fourth-order valence-electron chi connectivity index (χ4n) is 3.33. The molecule has 0 saturated carbocycles. The van der Waals surface area contributed by atoms with Gasteiger partial charge in [0.25, 0.3) is 11.8 Å². The van der Waals surface area contributed by atoms with Crippen molar-refractivity contribution in [2.45, 2.75) is 12.0 Å². The topological polar surface area (TPSA) is 46.6 Å². The molecule has 1 saturated heterocycles. The molecule has 2 aromatic rings. The minimum Gasteiger partial charge on any atom is -0.379 e. The molecule has 0 aromatic heterocycles. The Bertz CT molecular complexity index is 752. The summed E-state index contributed by atoms with van der Waals surface area (Å²) in [7, 11) is 0. The summed E-state index contributed by atoms with van der Waals surface area (Å²) >= 11 is 0. The van der Waals surface area contributed by atoms with Crippen LogP contribution in [0.4, 0.5) is 4.39 Å². The minimum absolute atomic E-state index is 0.141. The lowest BCUT2D eigenvalue weighted by Crippen LogP contribution is -2.43. The number of carbonyl (C=O) groups excluding carboxylic acids is 2. The van der Waals surface area contributed by atoms with Crippen LogP contribution in [0.25, 0.3) is 0 Å². The molecule has 2 aliphatic heterocycles. The van der Waals surface area contributed by atoms with Gasteiger partial charge in [0.15, 0.2) is 0 Å². The lowest BCUT2D eigenvalue weighted by Gasteiger charge is -2.26. The molecule has 2 aromatic carbocycles. The first kappa shape index (κ1) is 14.1. The van der Waals surface area contributed by atoms with Crippen LogP contribution in [0.15, 0.2) is 48.5 Å². The molecule has 23 heavy (non-hydrogen) atoms. The van der Waals surface area contributed by atoms with Gasteiger partial charge in [-0.15, -0.1) is 0 Å². The van der Waals surface area contributed by atoms with E-state index in [4.69, 9.17) is 4.74 Å². The number of imide groups is 1. The molecule has 2 amide bonds. The summed E-state index contributed by atoms with van der Waals surface area (Å²) in [6.45, 7) is 0.706. The van der Waals surface area contributed by atoms with Gasteiger partial charge in [0.05, 0.1) is 30.4 Å². The SMILES string of the molecule is O=C1c2ccccc2C(=O)N1C1COCC1c1ccc(F)cc1. The smallest absolute Gasteiger partial charge is 0.261 e. The highest BCUT2D eigenvalue weighted by molar-refractivity contribution is 6.21. The van der Waals surface area contributed by atoms with Crippen molar-refractivity contribution in [3.63, 3.8) is 0 Å². The lowest BCUT2D eigenvalue weighted by atomic mass is 9.93. The van der Waals surface area contributed by atoms with E-state index in [0.717, 1.165) is 5.56 Å². The lowest BCUT2D eigenvalue weighted by molar-refractivity contribution is 0.0558. The molecule has 0 N–H and O–H groups in total. The van der Waals surface area contributed by atoms with Crippen molar-refractivity contribution < 1.29 is 18.7 Å². The van der Waals surface area contributed by atoms with E-state index < -0.39 is 0 Å².